The Kier molecular flexibility index (Phi) is 4.87. The third-order valence-electron chi connectivity index (χ3n) is 4.29. The number of rotatable bonds is 5. The van der Waals surface area contributed by atoms with Gasteiger partial charge in [0.2, 0.25) is 5.69 Å². The van der Waals surface area contributed by atoms with E-state index in [1.54, 1.807) is 0 Å². The van der Waals surface area contributed by atoms with Crippen LogP contribution in [0.3, 0.4) is 0 Å². The van der Waals surface area contributed by atoms with Gasteiger partial charge >= 0.3 is 0 Å². The van der Waals surface area contributed by atoms with Gasteiger partial charge in [0.05, 0.1) is 0 Å². The quantitative estimate of drug-likeness (QED) is 0.554. The van der Waals surface area contributed by atoms with Gasteiger partial charge < -0.3 is 0 Å². The largest absolute Gasteiger partial charge is 0.213 e. The summed E-state index contributed by atoms with van der Waals surface area (Å²) in [5.41, 5.74) is 6.46. The predicted octanol–water partition coefficient (Wildman–Crippen LogP) is 5.42. The Bertz CT molecular complexity index is 761. The van der Waals surface area contributed by atoms with Gasteiger partial charge in [-0.1, -0.05) is 61.9 Å². The number of aryl methyl sites for hydroxylation is 1. The lowest BCUT2D eigenvalue weighted by molar-refractivity contribution is -0.692. The van der Waals surface area contributed by atoms with Crippen molar-refractivity contribution in [2.45, 2.75) is 33.2 Å². The number of hydrogen-bond acceptors (Lipinski definition) is 0. The maximum atomic E-state index is 2.45. The van der Waals surface area contributed by atoms with Crippen LogP contribution in [0.5, 0.6) is 0 Å². The fourth-order valence-electron chi connectivity index (χ4n) is 3.02. The molecule has 0 N–H and O–H groups in total. The molecule has 0 aliphatic rings. The first-order chi connectivity index (χ1) is 11.3. The molecule has 0 saturated carbocycles. The Hall–Kier alpha value is -2.41. The highest BCUT2D eigenvalue weighted by molar-refractivity contribution is 5.69. The summed E-state index contributed by atoms with van der Waals surface area (Å²) in [6.07, 6.45) is 2.41. The van der Waals surface area contributed by atoms with Crippen molar-refractivity contribution in [1.29, 1.82) is 0 Å². The maximum absolute atomic E-state index is 2.45. The van der Waals surface area contributed by atoms with Crippen LogP contribution in [0.25, 0.3) is 22.4 Å². The lowest BCUT2D eigenvalue weighted by atomic mass is 10.0. The van der Waals surface area contributed by atoms with Gasteiger partial charge in [-0.05, 0) is 23.3 Å². The summed E-state index contributed by atoms with van der Waals surface area (Å²) in [5.74, 6) is 0. The molecular formula is C22H24N+. The first-order valence-corrected chi connectivity index (χ1v) is 8.45. The first-order valence-electron chi connectivity index (χ1n) is 8.45. The lowest BCUT2D eigenvalue weighted by Crippen LogP contribution is -2.39. The fourth-order valence-corrected chi connectivity index (χ4v) is 3.02. The van der Waals surface area contributed by atoms with Gasteiger partial charge in [0.15, 0.2) is 5.69 Å². The van der Waals surface area contributed by atoms with Crippen LogP contribution in [0.1, 0.15) is 25.5 Å². The summed E-state index contributed by atoms with van der Waals surface area (Å²) < 4.78 is 2.45. The first kappa shape index (κ1) is 15.5. The van der Waals surface area contributed by atoms with E-state index in [-0.39, 0.29) is 0 Å². The van der Waals surface area contributed by atoms with Gasteiger partial charge in [0.1, 0.15) is 6.54 Å². The highest BCUT2D eigenvalue weighted by Gasteiger charge is 2.18. The number of pyridine rings is 1. The number of benzene rings is 2. The minimum absolute atomic E-state index is 1.07. The second-order valence-corrected chi connectivity index (χ2v) is 6.01. The molecule has 3 aromatic rings. The van der Waals surface area contributed by atoms with Crippen molar-refractivity contribution in [1.82, 2.24) is 0 Å². The summed E-state index contributed by atoms with van der Waals surface area (Å²) in [6, 6.07) is 26.0. The Morgan fingerprint density at radius 2 is 1.35 bits per heavy atom. The van der Waals surface area contributed by atoms with Gasteiger partial charge in [-0.15, -0.1) is 0 Å². The Morgan fingerprint density at radius 3 is 1.96 bits per heavy atom. The zero-order valence-electron chi connectivity index (χ0n) is 14.0. The molecule has 0 aliphatic heterocycles. The molecule has 1 aromatic heterocycles. The Labute approximate surface area is 139 Å². The standard InChI is InChI=1S/C22H24N/c1-3-4-15-23-18(2)16-21(19-11-7-5-8-12-19)17-22(23)20-13-9-6-10-14-20/h5-14,16-17H,3-4,15H2,1-2H3/q+1. The molecular weight excluding hydrogens is 278 g/mol. The third kappa shape index (κ3) is 3.50. The molecule has 0 fully saturated rings. The summed E-state index contributed by atoms with van der Waals surface area (Å²) in [6.45, 7) is 5.53. The smallest absolute Gasteiger partial charge is 0.196 e. The average Bonchev–Trinajstić information content (AvgIpc) is 2.61. The monoisotopic (exact) mass is 302 g/mol. The van der Waals surface area contributed by atoms with E-state index in [1.165, 1.54) is 40.9 Å². The van der Waals surface area contributed by atoms with Crippen molar-refractivity contribution in [3.8, 4) is 22.4 Å². The van der Waals surface area contributed by atoms with E-state index < -0.39 is 0 Å². The van der Waals surface area contributed by atoms with Crippen molar-refractivity contribution >= 4 is 0 Å². The second-order valence-electron chi connectivity index (χ2n) is 6.01. The highest BCUT2D eigenvalue weighted by Crippen LogP contribution is 2.25. The van der Waals surface area contributed by atoms with Crippen molar-refractivity contribution in [3.63, 3.8) is 0 Å². The van der Waals surface area contributed by atoms with Crippen LogP contribution >= 0.6 is 0 Å². The van der Waals surface area contributed by atoms with Crippen molar-refractivity contribution in [2.75, 3.05) is 0 Å². The van der Waals surface area contributed by atoms with Crippen LogP contribution in [0.4, 0.5) is 0 Å². The minimum atomic E-state index is 1.07. The van der Waals surface area contributed by atoms with Crippen LogP contribution in [0, 0.1) is 6.92 Å². The average molecular weight is 302 g/mol. The van der Waals surface area contributed by atoms with Crippen LogP contribution in [0.2, 0.25) is 0 Å². The highest BCUT2D eigenvalue weighted by atomic mass is 15.0. The molecule has 116 valence electrons. The van der Waals surface area contributed by atoms with Crippen LogP contribution in [0.15, 0.2) is 72.8 Å². The van der Waals surface area contributed by atoms with E-state index in [0.29, 0.717) is 0 Å². The van der Waals surface area contributed by atoms with E-state index in [0.717, 1.165) is 6.54 Å². The number of aromatic nitrogens is 1. The molecule has 3 rings (SSSR count). The molecule has 0 atom stereocenters. The van der Waals surface area contributed by atoms with Crippen molar-refractivity contribution < 1.29 is 4.57 Å². The van der Waals surface area contributed by atoms with E-state index in [1.807, 2.05) is 0 Å². The summed E-state index contributed by atoms with van der Waals surface area (Å²) >= 11 is 0. The second kappa shape index (κ2) is 7.23. The lowest BCUT2D eigenvalue weighted by Gasteiger charge is -2.10. The molecule has 0 radical (unpaired) electrons. The Balaban J connectivity index is 2.14. The third-order valence-corrected chi connectivity index (χ3v) is 4.29. The number of unbranched alkanes of at least 4 members (excludes halogenated alkanes) is 1. The molecule has 0 aliphatic carbocycles. The van der Waals surface area contributed by atoms with E-state index >= 15 is 0 Å². The number of hydrogen-bond donors (Lipinski definition) is 0. The summed E-state index contributed by atoms with van der Waals surface area (Å²) in [7, 11) is 0. The summed E-state index contributed by atoms with van der Waals surface area (Å²) in [5, 5.41) is 0. The molecule has 2 aromatic carbocycles. The van der Waals surface area contributed by atoms with Gasteiger partial charge in [0, 0.05) is 31.0 Å². The summed E-state index contributed by atoms with van der Waals surface area (Å²) in [4.78, 5) is 0. The van der Waals surface area contributed by atoms with Gasteiger partial charge in [0.25, 0.3) is 0 Å². The molecule has 0 amide bonds. The van der Waals surface area contributed by atoms with Gasteiger partial charge in [-0.3, -0.25) is 0 Å². The van der Waals surface area contributed by atoms with Crippen LogP contribution in [-0.4, -0.2) is 0 Å². The number of nitrogens with zero attached hydrogens (tertiary/aromatic N) is 1. The normalized spacial score (nSPS) is 10.7. The van der Waals surface area contributed by atoms with Gasteiger partial charge in [-0.2, -0.15) is 4.57 Å². The minimum Gasteiger partial charge on any atom is -0.196 e. The Morgan fingerprint density at radius 1 is 0.739 bits per heavy atom. The zero-order chi connectivity index (χ0) is 16.1. The molecule has 0 unspecified atom stereocenters. The predicted molar refractivity (Wildman–Crippen MR) is 97.2 cm³/mol. The van der Waals surface area contributed by atoms with Crippen molar-refractivity contribution in [3.05, 3.63) is 78.5 Å². The van der Waals surface area contributed by atoms with Gasteiger partial charge in [-0.25, -0.2) is 0 Å². The molecule has 0 spiro atoms. The topological polar surface area (TPSA) is 3.88 Å². The van der Waals surface area contributed by atoms with Crippen LogP contribution in [-0.2, 0) is 6.54 Å². The molecule has 1 heterocycles. The van der Waals surface area contributed by atoms with Crippen LogP contribution < -0.4 is 4.57 Å². The zero-order valence-corrected chi connectivity index (χ0v) is 14.0. The molecule has 1 heteroatoms. The molecule has 0 saturated heterocycles. The van der Waals surface area contributed by atoms with E-state index in [4.69, 9.17) is 0 Å². The fraction of sp³-hybridized carbons (Fsp3) is 0.227. The van der Waals surface area contributed by atoms with Crippen molar-refractivity contribution in [2.24, 2.45) is 0 Å². The molecule has 1 nitrogen and oxygen atoms in total. The molecule has 0 bridgehead atoms. The molecule has 23 heavy (non-hydrogen) atoms. The SMILES string of the molecule is CCCC[n+]1c(C)cc(-c2ccccc2)cc1-c1ccccc1. The van der Waals surface area contributed by atoms with E-state index in [2.05, 4.69) is 91.2 Å². The maximum Gasteiger partial charge on any atom is 0.213 e. The van der Waals surface area contributed by atoms with E-state index in [9.17, 15) is 0 Å².